The van der Waals surface area contributed by atoms with Crippen LogP contribution < -0.4 is 10.2 Å². The SMILES string of the molecule is CCN(CCO)C(=O)Nc1cccnc1N1CCCC1. The fourth-order valence-electron chi connectivity index (χ4n) is 2.39. The molecule has 1 saturated heterocycles. The number of aliphatic hydroxyl groups excluding tert-OH is 1. The third-order valence-electron chi connectivity index (χ3n) is 3.47. The van der Waals surface area contributed by atoms with Crippen molar-refractivity contribution in [1.29, 1.82) is 0 Å². The topological polar surface area (TPSA) is 68.7 Å². The number of hydrogen-bond donors (Lipinski definition) is 2. The molecule has 0 unspecified atom stereocenters. The molecule has 20 heavy (non-hydrogen) atoms. The Balaban J connectivity index is 2.10. The molecule has 0 aliphatic carbocycles. The first kappa shape index (κ1) is 14.6. The average molecular weight is 278 g/mol. The van der Waals surface area contributed by atoms with E-state index in [9.17, 15) is 4.79 Å². The van der Waals surface area contributed by atoms with Crippen LogP contribution in [-0.2, 0) is 0 Å². The average Bonchev–Trinajstić information content (AvgIpc) is 2.99. The predicted molar refractivity (Wildman–Crippen MR) is 79.0 cm³/mol. The van der Waals surface area contributed by atoms with E-state index in [1.54, 1.807) is 11.1 Å². The van der Waals surface area contributed by atoms with Gasteiger partial charge in [-0.05, 0) is 31.9 Å². The van der Waals surface area contributed by atoms with Crippen LogP contribution in [0.15, 0.2) is 18.3 Å². The van der Waals surface area contributed by atoms with Crippen molar-refractivity contribution in [3.8, 4) is 0 Å². The van der Waals surface area contributed by atoms with E-state index in [1.807, 2.05) is 19.1 Å². The number of rotatable bonds is 5. The molecule has 0 atom stereocenters. The molecule has 2 amide bonds. The van der Waals surface area contributed by atoms with Gasteiger partial charge in [-0.1, -0.05) is 0 Å². The van der Waals surface area contributed by atoms with Gasteiger partial charge in [0, 0.05) is 32.4 Å². The molecule has 6 heteroatoms. The maximum Gasteiger partial charge on any atom is 0.322 e. The molecule has 0 aromatic carbocycles. The molecule has 1 fully saturated rings. The quantitative estimate of drug-likeness (QED) is 0.857. The maximum absolute atomic E-state index is 12.2. The second-order valence-electron chi connectivity index (χ2n) is 4.80. The van der Waals surface area contributed by atoms with Crippen LogP contribution in [0, 0.1) is 0 Å². The van der Waals surface area contributed by atoms with E-state index >= 15 is 0 Å². The summed E-state index contributed by atoms with van der Waals surface area (Å²) in [6, 6.07) is 3.48. The summed E-state index contributed by atoms with van der Waals surface area (Å²) in [6.07, 6.45) is 4.07. The zero-order chi connectivity index (χ0) is 14.4. The predicted octanol–water partition coefficient (Wildman–Crippen LogP) is 1.53. The smallest absolute Gasteiger partial charge is 0.322 e. The molecule has 6 nitrogen and oxygen atoms in total. The Morgan fingerprint density at radius 1 is 1.50 bits per heavy atom. The largest absolute Gasteiger partial charge is 0.395 e. The van der Waals surface area contributed by atoms with Crippen molar-refractivity contribution in [1.82, 2.24) is 9.88 Å². The molecule has 1 aliphatic heterocycles. The second-order valence-corrected chi connectivity index (χ2v) is 4.80. The number of anilines is 2. The van der Waals surface area contributed by atoms with Gasteiger partial charge in [-0.2, -0.15) is 0 Å². The Kier molecular flexibility index (Phi) is 5.17. The summed E-state index contributed by atoms with van der Waals surface area (Å²) >= 11 is 0. The number of hydrogen-bond acceptors (Lipinski definition) is 4. The zero-order valence-corrected chi connectivity index (χ0v) is 11.9. The standard InChI is InChI=1S/C14H22N4O2/c1-2-17(10-11-19)14(20)16-12-6-5-7-15-13(12)18-8-3-4-9-18/h5-7,19H,2-4,8-11H2,1H3,(H,16,20). The summed E-state index contributed by atoms with van der Waals surface area (Å²) < 4.78 is 0. The molecule has 0 spiro atoms. The van der Waals surface area contributed by atoms with Gasteiger partial charge in [0.25, 0.3) is 0 Å². The summed E-state index contributed by atoms with van der Waals surface area (Å²) in [5.41, 5.74) is 0.732. The number of likely N-dealkylation sites (N-methyl/N-ethyl adjacent to an activating group) is 1. The molecule has 1 aliphatic rings. The highest BCUT2D eigenvalue weighted by Crippen LogP contribution is 2.26. The van der Waals surface area contributed by atoms with E-state index < -0.39 is 0 Å². The van der Waals surface area contributed by atoms with Gasteiger partial charge in [-0.25, -0.2) is 9.78 Å². The first-order valence-corrected chi connectivity index (χ1v) is 7.13. The van der Waals surface area contributed by atoms with Gasteiger partial charge in [0.1, 0.15) is 0 Å². The first-order valence-electron chi connectivity index (χ1n) is 7.13. The number of carbonyl (C=O) groups is 1. The second kappa shape index (κ2) is 7.09. The molecule has 0 saturated carbocycles. The molecule has 2 N–H and O–H groups in total. The number of nitrogens with zero attached hydrogens (tertiary/aromatic N) is 3. The van der Waals surface area contributed by atoms with Gasteiger partial charge in [0.15, 0.2) is 5.82 Å². The number of urea groups is 1. The van der Waals surface area contributed by atoms with Crippen LogP contribution in [0.1, 0.15) is 19.8 Å². The summed E-state index contributed by atoms with van der Waals surface area (Å²) in [5, 5.41) is 11.9. The highest BCUT2D eigenvalue weighted by Gasteiger charge is 2.19. The van der Waals surface area contributed by atoms with Crippen LogP contribution in [-0.4, -0.2) is 53.8 Å². The molecule has 1 aromatic rings. The van der Waals surface area contributed by atoms with E-state index in [0.29, 0.717) is 13.1 Å². The normalized spacial score (nSPS) is 14.4. The van der Waals surface area contributed by atoms with Crippen molar-refractivity contribution in [2.75, 3.05) is 43.0 Å². The minimum atomic E-state index is -0.199. The number of aliphatic hydroxyl groups is 1. The van der Waals surface area contributed by atoms with E-state index in [0.717, 1.165) is 37.4 Å². The van der Waals surface area contributed by atoms with Crippen LogP contribution in [0.4, 0.5) is 16.3 Å². The highest BCUT2D eigenvalue weighted by molar-refractivity contribution is 5.92. The summed E-state index contributed by atoms with van der Waals surface area (Å²) in [7, 11) is 0. The Morgan fingerprint density at radius 3 is 2.90 bits per heavy atom. The van der Waals surface area contributed by atoms with Crippen molar-refractivity contribution in [2.24, 2.45) is 0 Å². The van der Waals surface area contributed by atoms with Gasteiger partial charge < -0.3 is 20.2 Å². The van der Waals surface area contributed by atoms with E-state index in [1.165, 1.54) is 0 Å². The Bertz CT molecular complexity index is 447. The van der Waals surface area contributed by atoms with E-state index in [4.69, 9.17) is 5.11 Å². The van der Waals surface area contributed by atoms with Crippen LogP contribution in [0.3, 0.4) is 0 Å². The molecular formula is C14H22N4O2. The van der Waals surface area contributed by atoms with Crippen LogP contribution in [0.5, 0.6) is 0 Å². The first-order chi connectivity index (χ1) is 9.76. The monoisotopic (exact) mass is 278 g/mol. The highest BCUT2D eigenvalue weighted by atomic mass is 16.3. The number of nitrogens with one attached hydrogen (secondary N) is 1. The fraction of sp³-hybridized carbons (Fsp3) is 0.571. The van der Waals surface area contributed by atoms with Crippen molar-refractivity contribution in [3.05, 3.63) is 18.3 Å². The van der Waals surface area contributed by atoms with Crippen molar-refractivity contribution in [2.45, 2.75) is 19.8 Å². The van der Waals surface area contributed by atoms with Gasteiger partial charge >= 0.3 is 6.03 Å². The lowest BCUT2D eigenvalue weighted by atomic mass is 10.3. The number of amides is 2. The van der Waals surface area contributed by atoms with E-state index in [2.05, 4.69) is 15.2 Å². The third-order valence-corrected chi connectivity index (χ3v) is 3.47. The van der Waals surface area contributed by atoms with Crippen LogP contribution >= 0.6 is 0 Å². The number of aromatic nitrogens is 1. The van der Waals surface area contributed by atoms with Crippen LogP contribution in [0.25, 0.3) is 0 Å². The zero-order valence-electron chi connectivity index (χ0n) is 11.9. The Morgan fingerprint density at radius 2 is 2.25 bits per heavy atom. The molecule has 1 aromatic heterocycles. The van der Waals surface area contributed by atoms with Gasteiger partial charge in [-0.15, -0.1) is 0 Å². The lowest BCUT2D eigenvalue weighted by Crippen LogP contribution is -2.37. The summed E-state index contributed by atoms with van der Waals surface area (Å²) in [6.45, 7) is 4.71. The van der Waals surface area contributed by atoms with Crippen molar-refractivity contribution < 1.29 is 9.90 Å². The molecule has 0 bridgehead atoms. The lowest BCUT2D eigenvalue weighted by molar-refractivity contribution is 0.192. The lowest BCUT2D eigenvalue weighted by Gasteiger charge is -2.23. The van der Waals surface area contributed by atoms with E-state index in [-0.39, 0.29) is 12.6 Å². The molecular weight excluding hydrogens is 256 g/mol. The maximum atomic E-state index is 12.2. The molecule has 110 valence electrons. The van der Waals surface area contributed by atoms with Gasteiger partial charge in [-0.3, -0.25) is 0 Å². The Hall–Kier alpha value is -1.82. The van der Waals surface area contributed by atoms with Crippen molar-refractivity contribution in [3.63, 3.8) is 0 Å². The van der Waals surface area contributed by atoms with Gasteiger partial charge in [0.2, 0.25) is 0 Å². The molecule has 2 heterocycles. The summed E-state index contributed by atoms with van der Waals surface area (Å²) in [5.74, 6) is 0.832. The number of pyridine rings is 1. The minimum Gasteiger partial charge on any atom is -0.395 e. The molecule has 2 rings (SSSR count). The number of carbonyl (C=O) groups excluding carboxylic acids is 1. The van der Waals surface area contributed by atoms with Crippen LogP contribution in [0.2, 0.25) is 0 Å². The molecule has 0 radical (unpaired) electrons. The third kappa shape index (κ3) is 3.39. The fourth-order valence-corrected chi connectivity index (χ4v) is 2.39. The minimum absolute atomic E-state index is 0.0344. The van der Waals surface area contributed by atoms with Gasteiger partial charge in [0.05, 0.1) is 12.3 Å². The summed E-state index contributed by atoms with van der Waals surface area (Å²) in [4.78, 5) is 20.3. The Labute approximate surface area is 119 Å². The van der Waals surface area contributed by atoms with Crippen molar-refractivity contribution >= 4 is 17.5 Å².